The molecule has 0 bridgehead atoms. The third kappa shape index (κ3) is 4.57. The molecule has 4 nitrogen and oxygen atoms in total. The van der Waals surface area contributed by atoms with Gasteiger partial charge in [-0.3, -0.25) is 9.69 Å². The molecule has 1 heterocycles. The van der Waals surface area contributed by atoms with E-state index in [4.69, 9.17) is 11.6 Å². The monoisotopic (exact) mass is 371 g/mol. The molecule has 1 unspecified atom stereocenters. The van der Waals surface area contributed by atoms with Gasteiger partial charge < -0.3 is 10.2 Å². The quantitative estimate of drug-likeness (QED) is 0.846. The van der Waals surface area contributed by atoms with Crippen LogP contribution in [0, 0.1) is 0 Å². The van der Waals surface area contributed by atoms with Crippen LogP contribution in [0.4, 0.5) is 11.4 Å². The largest absolute Gasteiger partial charge is 0.376 e. The number of halogens is 1. The summed E-state index contributed by atoms with van der Waals surface area (Å²) in [7, 11) is 3.89. The summed E-state index contributed by atoms with van der Waals surface area (Å²) in [4.78, 5) is 17.1. The van der Waals surface area contributed by atoms with Crippen LogP contribution in [0.2, 0.25) is 5.02 Å². The van der Waals surface area contributed by atoms with Gasteiger partial charge in [0, 0.05) is 26.3 Å². The van der Waals surface area contributed by atoms with Crippen molar-refractivity contribution in [2.45, 2.75) is 31.8 Å². The van der Waals surface area contributed by atoms with E-state index in [1.54, 1.807) is 0 Å². The highest BCUT2D eigenvalue weighted by atomic mass is 35.5. The van der Waals surface area contributed by atoms with Crippen LogP contribution in [-0.4, -0.2) is 37.5 Å². The number of hydrogen-bond acceptors (Lipinski definition) is 3. The first-order valence-corrected chi connectivity index (χ1v) is 9.48. The van der Waals surface area contributed by atoms with Crippen LogP contribution in [0.25, 0.3) is 0 Å². The number of carbonyl (C=O) groups excluding carboxylic acids is 1. The Bertz CT molecular complexity index is 748. The minimum absolute atomic E-state index is 0.0503. The van der Waals surface area contributed by atoms with Gasteiger partial charge in [0.15, 0.2) is 0 Å². The first kappa shape index (κ1) is 18.7. The van der Waals surface area contributed by atoms with Gasteiger partial charge in [-0.2, -0.15) is 0 Å². The molecule has 1 aliphatic rings. The lowest BCUT2D eigenvalue weighted by Gasteiger charge is -2.34. The first-order chi connectivity index (χ1) is 12.5. The van der Waals surface area contributed by atoms with Gasteiger partial charge in [-0.1, -0.05) is 48.4 Å². The lowest BCUT2D eigenvalue weighted by molar-refractivity contribution is -0.122. The molecule has 0 aromatic heterocycles. The third-order valence-electron chi connectivity index (χ3n) is 4.84. The number of nitrogens with zero attached hydrogens (tertiary/aromatic N) is 2. The molecule has 0 saturated carbocycles. The fourth-order valence-corrected chi connectivity index (χ4v) is 3.82. The van der Waals surface area contributed by atoms with Crippen molar-refractivity contribution >= 4 is 28.9 Å². The molecule has 1 aliphatic heterocycles. The zero-order valence-corrected chi connectivity index (χ0v) is 16.2. The standard InChI is InChI=1S/C21H26ClN3O/c1-24(2)19-12-11-17(14-18(19)22)23-21(26)20-10-6-7-13-25(20)15-16-8-4-3-5-9-16/h3-5,8-9,11-12,14,20H,6-7,10,13,15H2,1-2H3,(H,23,26). The molecule has 0 radical (unpaired) electrons. The molecule has 0 aliphatic carbocycles. The molecule has 1 fully saturated rings. The minimum atomic E-state index is -0.101. The van der Waals surface area contributed by atoms with Crippen molar-refractivity contribution in [3.05, 3.63) is 59.1 Å². The number of hydrogen-bond donors (Lipinski definition) is 1. The van der Waals surface area contributed by atoms with Gasteiger partial charge in [0.1, 0.15) is 0 Å². The maximum atomic E-state index is 12.9. The van der Waals surface area contributed by atoms with E-state index in [0.29, 0.717) is 5.02 Å². The Morgan fingerprint density at radius 1 is 1.19 bits per heavy atom. The Balaban J connectivity index is 1.69. The molecular formula is C21H26ClN3O. The van der Waals surface area contributed by atoms with Gasteiger partial charge in [0.2, 0.25) is 5.91 Å². The summed E-state index contributed by atoms with van der Waals surface area (Å²) in [6, 6.07) is 15.9. The molecule has 1 atom stereocenters. The molecule has 1 amide bonds. The Labute approximate surface area is 160 Å². The number of amides is 1. The van der Waals surface area contributed by atoms with E-state index in [9.17, 15) is 4.79 Å². The number of carbonyl (C=O) groups is 1. The van der Waals surface area contributed by atoms with E-state index in [-0.39, 0.29) is 11.9 Å². The summed E-state index contributed by atoms with van der Waals surface area (Å²) in [6.45, 7) is 1.76. The molecule has 1 saturated heterocycles. The second kappa shape index (κ2) is 8.56. The van der Waals surface area contributed by atoms with Gasteiger partial charge in [0.05, 0.1) is 16.8 Å². The lowest BCUT2D eigenvalue weighted by atomic mass is 10.00. The maximum Gasteiger partial charge on any atom is 0.241 e. The van der Waals surface area contributed by atoms with Crippen LogP contribution in [-0.2, 0) is 11.3 Å². The van der Waals surface area contributed by atoms with E-state index < -0.39 is 0 Å². The summed E-state index contributed by atoms with van der Waals surface area (Å²) >= 11 is 6.33. The molecular weight excluding hydrogens is 346 g/mol. The van der Waals surface area contributed by atoms with Gasteiger partial charge in [-0.25, -0.2) is 0 Å². The molecule has 1 N–H and O–H groups in total. The van der Waals surface area contributed by atoms with Crippen LogP contribution >= 0.6 is 11.6 Å². The van der Waals surface area contributed by atoms with E-state index in [0.717, 1.165) is 43.7 Å². The van der Waals surface area contributed by atoms with Crippen LogP contribution < -0.4 is 10.2 Å². The van der Waals surface area contributed by atoms with E-state index in [2.05, 4.69) is 22.3 Å². The Morgan fingerprint density at radius 3 is 2.65 bits per heavy atom. The fourth-order valence-electron chi connectivity index (χ4n) is 3.47. The number of piperidine rings is 1. The zero-order chi connectivity index (χ0) is 18.5. The SMILES string of the molecule is CN(C)c1ccc(NC(=O)C2CCCCN2Cc2ccccc2)cc1Cl. The van der Waals surface area contributed by atoms with Gasteiger partial charge in [-0.15, -0.1) is 0 Å². The number of benzene rings is 2. The molecule has 2 aromatic rings. The number of rotatable bonds is 5. The van der Waals surface area contributed by atoms with E-state index >= 15 is 0 Å². The average Bonchev–Trinajstić information content (AvgIpc) is 2.62. The summed E-state index contributed by atoms with van der Waals surface area (Å²) < 4.78 is 0. The molecule has 0 spiro atoms. The Kier molecular flexibility index (Phi) is 6.17. The number of nitrogens with one attached hydrogen (secondary N) is 1. The predicted octanol–water partition coefficient (Wildman–Crippen LogP) is 4.40. The molecule has 2 aromatic carbocycles. The van der Waals surface area contributed by atoms with Crippen LogP contribution in [0.1, 0.15) is 24.8 Å². The van der Waals surface area contributed by atoms with Crippen molar-refractivity contribution in [2.75, 3.05) is 30.9 Å². The Morgan fingerprint density at radius 2 is 1.96 bits per heavy atom. The third-order valence-corrected chi connectivity index (χ3v) is 5.14. The lowest BCUT2D eigenvalue weighted by Crippen LogP contribution is -2.46. The van der Waals surface area contributed by atoms with Gasteiger partial charge >= 0.3 is 0 Å². The van der Waals surface area contributed by atoms with E-state index in [1.807, 2.05) is 55.4 Å². The van der Waals surface area contributed by atoms with Crippen molar-refractivity contribution in [1.29, 1.82) is 0 Å². The van der Waals surface area contributed by atoms with Crippen molar-refractivity contribution in [2.24, 2.45) is 0 Å². The average molecular weight is 372 g/mol. The minimum Gasteiger partial charge on any atom is -0.376 e. The first-order valence-electron chi connectivity index (χ1n) is 9.10. The summed E-state index contributed by atoms with van der Waals surface area (Å²) in [6.07, 6.45) is 3.12. The topological polar surface area (TPSA) is 35.6 Å². The van der Waals surface area contributed by atoms with Crippen molar-refractivity contribution in [3.63, 3.8) is 0 Å². The molecule has 3 rings (SSSR count). The predicted molar refractivity (Wildman–Crippen MR) is 109 cm³/mol. The van der Waals surface area contributed by atoms with Gasteiger partial charge in [0.25, 0.3) is 0 Å². The second-order valence-electron chi connectivity index (χ2n) is 7.02. The number of likely N-dealkylation sites (tertiary alicyclic amines) is 1. The van der Waals surface area contributed by atoms with Crippen molar-refractivity contribution in [1.82, 2.24) is 4.90 Å². The highest BCUT2D eigenvalue weighted by Gasteiger charge is 2.28. The van der Waals surface area contributed by atoms with Gasteiger partial charge in [-0.05, 0) is 43.1 Å². The smallest absolute Gasteiger partial charge is 0.241 e. The van der Waals surface area contributed by atoms with Crippen LogP contribution in [0.3, 0.4) is 0 Å². The second-order valence-corrected chi connectivity index (χ2v) is 7.42. The van der Waals surface area contributed by atoms with Crippen LogP contribution in [0.5, 0.6) is 0 Å². The maximum absolute atomic E-state index is 12.9. The fraction of sp³-hybridized carbons (Fsp3) is 0.381. The molecule has 138 valence electrons. The zero-order valence-electron chi connectivity index (χ0n) is 15.4. The highest BCUT2D eigenvalue weighted by molar-refractivity contribution is 6.33. The van der Waals surface area contributed by atoms with Crippen molar-refractivity contribution in [3.8, 4) is 0 Å². The normalized spacial score (nSPS) is 17.7. The van der Waals surface area contributed by atoms with E-state index in [1.165, 1.54) is 5.56 Å². The summed E-state index contributed by atoms with van der Waals surface area (Å²) in [5.74, 6) is 0.0503. The van der Waals surface area contributed by atoms with Crippen LogP contribution in [0.15, 0.2) is 48.5 Å². The molecule has 5 heteroatoms. The number of anilines is 2. The van der Waals surface area contributed by atoms with Crippen molar-refractivity contribution < 1.29 is 4.79 Å². The summed E-state index contributed by atoms with van der Waals surface area (Å²) in [5.41, 5.74) is 2.93. The molecule has 26 heavy (non-hydrogen) atoms. The Hall–Kier alpha value is -2.04. The summed E-state index contributed by atoms with van der Waals surface area (Å²) in [5, 5.41) is 3.69. The highest BCUT2D eigenvalue weighted by Crippen LogP contribution is 2.28.